The molecule has 0 saturated carbocycles. The van der Waals surface area contributed by atoms with E-state index in [1.54, 1.807) is 43.4 Å². The van der Waals surface area contributed by atoms with Gasteiger partial charge in [0.2, 0.25) is 0 Å². The van der Waals surface area contributed by atoms with Gasteiger partial charge in [-0.05, 0) is 53.9 Å². The molecule has 0 unspecified atom stereocenters. The van der Waals surface area contributed by atoms with Crippen LogP contribution in [0.25, 0.3) is 0 Å². The zero-order valence-corrected chi connectivity index (χ0v) is 16.5. The number of carbonyl (C=O) groups is 1. The highest BCUT2D eigenvalue weighted by Gasteiger charge is 2.23. The fourth-order valence-corrected chi connectivity index (χ4v) is 3.14. The molecule has 2 aromatic carbocycles. The second-order valence-corrected chi connectivity index (χ2v) is 6.73. The van der Waals surface area contributed by atoms with E-state index in [0.717, 1.165) is 17.5 Å². The molecule has 0 atom stereocenters. The predicted octanol–water partition coefficient (Wildman–Crippen LogP) is 2.58. The molecule has 148 valence electrons. The lowest BCUT2D eigenvalue weighted by Crippen LogP contribution is -2.38. The highest BCUT2D eigenvalue weighted by Crippen LogP contribution is 2.33. The van der Waals surface area contributed by atoms with Crippen LogP contribution in [0.3, 0.4) is 0 Å². The van der Waals surface area contributed by atoms with Crippen LogP contribution in [0.15, 0.2) is 41.6 Å². The fourth-order valence-electron chi connectivity index (χ4n) is 3.02. The van der Waals surface area contributed by atoms with Gasteiger partial charge in [0, 0.05) is 23.7 Å². The quantitative estimate of drug-likeness (QED) is 0.455. The predicted molar refractivity (Wildman–Crippen MR) is 107 cm³/mol. The maximum Gasteiger partial charge on any atom is 0.263 e. The second kappa shape index (κ2) is 8.84. The van der Waals surface area contributed by atoms with Gasteiger partial charge >= 0.3 is 0 Å². The van der Waals surface area contributed by atoms with Gasteiger partial charge in [0.25, 0.3) is 5.91 Å². The second-order valence-electron chi connectivity index (χ2n) is 6.30. The van der Waals surface area contributed by atoms with Crippen LogP contribution >= 0.6 is 11.6 Å². The van der Waals surface area contributed by atoms with E-state index < -0.39 is 0 Å². The van der Waals surface area contributed by atoms with E-state index >= 15 is 0 Å². The summed E-state index contributed by atoms with van der Waals surface area (Å²) in [7, 11) is 3.20. The minimum absolute atomic E-state index is 0.159. The van der Waals surface area contributed by atoms with Crippen LogP contribution in [0, 0.1) is 0 Å². The molecule has 0 aromatic heterocycles. The van der Waals surface area contributed by atoms with Gasteiger partial charge in [-0.1, -0.05) is 16.8 Å². The van der Waals surface area contributed by atoms with Crippen molar-refractivity contribution in [1.82, 2.24) is 4.90 Å². The van der Waals surface area contributed by atoms with Crippen LogP contribution in [0.5, 0.6) is 11.5 Å². The molecule has 0 spiro atoms. The first-order chi connectivity index (χ1) is 13.5. The Morgan fingerprint density at radius 2 is 1.79 bits per heavy atom. The number of hydrogen-bond acceptors (Lipinski definition) is 5. The summed E-state index contributed by atoms with van der Waals surface area (Å²) in [6.07, 6.45) is 0.734. The Kier molecular flexibility index (Phi) is 6.26. The number of amides is 1. The van der Waals surface area contributed by atoms with Crippen molar-refractivity contribution in [3.8, 4) is 11.5 Å². The van der Waals surface area contributed by atoms with Gasteiger partial charge in [-0.15, -0.1) is 0 Å². The number of ether oxygens (including phenoxy) is 2. The summed E-state index contributed by atoms with van der Waals surface area (Å²) in [4.78, 5) is 19.3. The number of nitrogens with zero attached hydrogens (tertiary/aromatic N) is 2. The third-order valence-corrected chi connectivity index (χ3v) is 4.81. The monoisotopic (exact) mass is 403 g/mol. The molecule has 1 aliphatic heterocycles. The van der Waals surface area contributed by atoms with E-state index in [9.17, 15) is 4.79 Å². The molecule has 0 saturated heterocycles. The van der Waals surface area contributed by atoms with Crippen molar-refractivity contribution in [3.63, 3.8) is 0 Å². The maximum atomic E-state index is 12.5. The average molecular weight is 404 g/mol. The van der Waals surface area contributed by atoms with Crippen LogP contribution in [0.4, 0.5) is 0 Å². The lowest BCUT2D eigenvalue weighted by atomic mass is 9.99. The van der Waals surface area contributed by atoms with Gasteiger partial charge < -0.3 is 24.9 Å². The number of carbonyl (C=O) groups excluding carboxylic acids is 1. The van der Waals surface area contributed by atoms with Gasteiger partial charge in [0.1, 0.15) is 0 Å². The number of amidine groups is 1. The largest absolute Gasteiger partial charge is 0.493 e. The van der Waals surface area contributed by atoms with Crippen LogP contribution in [-0.4, -0.2) is 44.0 Å². The number of methoxy groups -OCH3 is 2. The Hall–Kier alpha value is -2.93. The van der Waals surface area contributed by atoms with Gasteiger partial charge in [-0.3, -0.25) is 4.79 Å². The normalized spacial score (nSPS) is 13.7. The zero-order valence-electron chi connectivity index (χ0n) is 15.8. The third kappa shape index (κ3) is 4.48. The molecule has 0 radical (unpaired) electrons. The SMILES string of the molecule is COc1cc2c(cc1OC)CN(C(=O)CO/N=C(\N)c1ccc(Cl)cc1)CC2. The van der Waals surface area contributed by atoms with E-state index in [2.05, 4.69) is 5.16 Å². The van der Waals surface area contributed by atoms with Gasteiger partial charge in [-0.25, -0.2) is 0 Å². The molecule has 0 aliphatic carbocycles. The minimum Gasteiger partial charge on any atom is -0.493 e. The molecule has 2 N–H and O–H groups in total. The van der Waals surface area contributed by atoms with Crippen molar-refractivity contribution in [2.24, 2.45) is 10.9 Å². The van der Waals surface area contributed by atoms with Gasteiger partial charge in [-0.2, -0.15) is 0 Å². The number of nitrogens with two attached hydrogens (primary N) is 1. The number of oxime groups is 1. The lowest BCUT2D eigenvalue weighted by Gasteiger charge is -2.29. The van der Waals surface area contributed by atoms with Crippen molar-refractivity contribution < 1.29 is 19.1 Å². The topological polar surface area (TPSA) is 86.4 Å². The number of halogens is 1. The van der Waals surface area contributed by atoms with Gasteiger partial charge in [0.05, 0.1) is 14.2 Å². The lowest BCUT2D eigenvalue weighted by molar-refractivity contribution is -0.137. The van der Waals surface area contributed by atoms with E-state index in [4.69, 9.17) is 31.6 Å². The Labute approximate surface area is 168 Å². The zero-order chi connectivity index (χ0) is 20.1. The molecular weight excluding hydrogens is 382 g/mol. The first-order valence-corrected chi connectivity index (χ1v) is 9.12. The van der Waals surface area contributed by atoms with Crippen molar-refractivity contribution in [1.29, 1.82) is 0 Å². The molecule has 0 fully saturated rings. The summed E-state index contributed by atoms with van der Waals surface area (Å²) >= 11 is 5.84. The molecule has 2 aromatic rings. The molecule has 1 heterocycles. The van der Waals surface area contributed by atoms with Crippen molar-refractivity contribution >= 4 is 23.3 Å². The van der Waals surface area contributed by atoms with Crippen molar-refractivity contribution in [3.05, 3.63) is 58.1 Å². The summed E-state index contributed by atoms with van der Waals surface area (Å²) in [6.45, 7) is 0.895. The van der Waals surface area contributed by atoms with E-state index in [1.807, 2.05) is 12.1 Å². The Balaban J connectivity index is 1.60. The minimum atomic E-state index is -0.184. The maximum absolute atomic E-state index is 12.5. The fraction of sp³-hybridized carbons (Fsp3) is 0.300. The van der Waals surface area contributed by atoms with Crippen LogP contribution < -0.4 is 15.2 Å². The first-order valence-electron chi connectivity index (χ1n) is 8.74. The van der Waals surface area contributed by atoms with E-state index in [0.29, 0.717) is 35.2 Å². The summed E-state index contributed by atoms with van der Waals surface area (Å²) in [5.74, 6) is 1.36. The molecule has 0 bridgehead atoms. The number of hydrogen-bond donors (Lipinski definition) is 1. The van der Waals surface area contributed by atoms with Crippen molar-refractivity contribution in [2.45, 2.75) is 13.0 Å². The van der Waals surface area contributed by atoms with E-state index in [-0.39, 0.29) is 18.3 Å². The van der Waals surface area contributed by atoms with Crippen LogP contribution in [0.1, 0.15) is 16.7 Å². The number of fused-ring (bicyclic) bond motifs is 1. The third-order valence-electron chi connectivity index (χ3n) is 4.56. The van der Waals surface area contributed by atoms with Crippen LogP contribution in [-0.2, 0) is 22.6 Å². The highest BCUT2D eigenvalue weighted by molar-refractivity contribution is 6.30. The smallest absolute Gasteiger partial charge is 0.263 e. The number of rotatable bonds is 6. The molecule has 1 amide bonds. The molecule has 1 aliphatic rings. The molecule has 7 nitrogen and oxygen atoms in total. The summed E-state index contributed by atoms with van der Waals surface area (Å²) < 4.78 is 10.7. The summed E-state index contributed by atoms with van der Waals surface area (Å²) in [5.41, 5.74) is 8.71. The molecular formula is C20H22ClN3O4. The highest BCUT2D eigenvalue weighted by atomic mass is 35.5. The Morgan fingerprint density at radius 1 is 1.14 bits per heavy atom. The van der Waals surface area contributed by atoms with E-state index in [1.165, 1.54) is 0 Å². The summed E-state index contributed by atoms with van der Waals surface area (Å²) in [5, 5.41) is 4.42. The van der Waals surface area contributed by atoms with Crippen molar-refractivity contribution in [2.75, 3.05) is 27.4 Å². The molecule has 28 heavy (non-hydrogen) atoms. The van der Waals surface area contributed by atoms with Gasteiger partial charge in [0.15, 0.2) is 23.9 Å². The Morgan fingerprint density at radius 3 is 2.43 bits per heavy atom. The Bertz CT molecular complexity index is 884. The molecule has 3 rings (SSSR count). The molecule has 8 heteroatoms. The summed E-state index contributed by atoms with van der Waals surface area (Å²) in [6, 6.07) is 10.7. The first kappa shape index (κ1) is 19.8. The number of benzene rings is 2. The van der Waals surface area contributed by atoms with Crippen LogP contribution in [0.2, 0.25) is 5.02 Å². The average Bonchev–Trinajstić information content (AvgIpc) is 2.72. The standard InChI is InChI=1S/C20H22ClN3O4/c1-26-17-9-14-7-8-24(11-15(14)10-18(17)27-2)19(25)12-28-23-20(22)13-3-5-16(21)6-4-13/h3-6,9-10H,7-8,11-12H2,1-2H3,(H2,22,23).